The Bertz CT molecular complexity index is 999. The smallest absolute Gasteiger partial charge is 0.168 e. The Kier molecular flexibility index (Phi) is 6.72. The average Bonchev–Trinajstić information content (AvgIpc) is 3.35. The zero-order chi connectivity index (χ0) is 23.5. The molecule has 0 radical (unpaired) electrons. The van der Waals surface area contributed by atoms with E-state index in [2.05, 4.69) is 12.1 Å². The Morgan fingerprint density at radius 3 is 1.30 bits per heavy atom. The van der Waals surface area contributed by atoms with Gasteiger partial charge in [0.25, 0.3) is 0 Å². The van der Waals surface area contributed by atoms with E-state index in [1.807, 2.05) is 24.3 Å². The lowest BCUT2D eigenvalue weighted by molar-refractivity contribution is 0.237. The largest absolute Gasteiger partial charge is 0.497 e. The van der Waals surface area contributed by atoms with Gasteiger partial charge in [0.05, 0.1) is 53.8 Å². The summed E-state index contributed by atoms with van der Waals surface area (Å²) >= 11 is 0. The first-order valence-electron chi connectivity index (χ1n) is 11.1. The summed E-state index contributed by atoms with van der Waals surface area (Å²) in [5.41, 5.74) is 4.33. The summed E-state index contributed by atoms with van der Waals surface area (Å²) in [6, 6.07) is 12.2. The first-order chi connectivity index (χ1) is 16.1. The molecule has 0 fully saturated rings. The number of hydrogen-bond donors (Lipinski definition) is 0. The quantitative estimate of drug-likeness (QED) is 0.462. The van der Waals surface area contributed by atoms with Crippen molar-refractivity contribution in [3.05, 3.63) is 70.2 Å². The monoisotopic (exact) mass is 452 g/mol. The fourth-order valence-corrected chi connectivity index (χ4v) is 5.32. The highest BCUT2D eigenvalue weighted by Gasteiger charge is 2.38. The van der Waals surface area contributed by atoms with E-state index in [9.17, 15) is 0 Å². The van der Waals surface area contributed by atoms with E-state index in [1.165, 1.54) is 11.1 Å². The highest BCUT2D eigenvalue weighted by Crippen LogP contribution is 2.51. The predicted octanol–water partition coefficient (Wildman–Crippen LogP) is 5.69. The van der Waals surface area contributed by atoms with Crippen molar-refractivity contribution in [3.63, 3.8) is 0 Å². The van der Waals surface area contributed by atoms with Crippen LogP contribution in [0.1, 0.15) is 53.4 Å². The fraction of sp³-hybridized carbons (Fsp3) is 0.407. The molecule has 2 aliphatic rings. The maximum Gasteiger partial charge on any atom is 0.168 e. The third kappa shape index (κ3) is 3.67. The minimum Gasteiger partial charge on any atom is -0.497 e. The summed E-state index contributed by atoms with van der Waals surface area (Å²) in [6.45, 7) is 0. The van der Waals surface area contributed by atoms with Crippen LogP contribution in [-0.4, -0.2) is 42.7 Å². The van der Waals surface area contributed by atoms with Gasteiger partial charge in [-0.3, -0.25) is 0 Å². The van der Waals surface area contributed by atoms with Crippen LogP contribution in [0.15, 0.2) is 47.9 Å². The molecule has 0 saturated heterocycles. The first-order valence-corrected chi connectivity index (χ1v) is 11.1. The second kappa shape index (κ2) is 9.69. The molecule has 33 heavy (non-hydrogen) atoms. The maximum atomic E-state index is 5.82. The van der Waals surface area contributed by atoms with Gasteiger partial charge in [-0.25, -0.2) is 0 Å². The van der Waals surface area contributed by atoms with Crippen molar-refractivity contribution in [1.29, 1.82) is 0 Å². The lowest BCUT2D eigenvalue weighted by Crippen LogP contribution is -2.05. The van der Waals surface area contributed by atoms with Crippen LogP contribution in [0.25, 0.3) is 11.5 Å². The summed E-state index contributed by atoms with van der Waals surface area (Å²) in [5.74, 6) is 5.03. The number of methoxy groups -OCH3 is 6. The van der Waals surface area contributed by atoms with Gasteiger partial charge in [0.15, 0.2) is 11.5 Å². The van der Waals surface area contributed by atoms with Gasteiger partial charge >= 0.3 is 0 Å². The molecule has 0 heterocycles. The fourth-order valence-electron chi connectivity index (χ4n) is 5.32. The molecule has 2 atom stereocenters. The van der Waals surface area contributed by atoms with Gasteiger partial charge in [0.2, 0.25) is 0 Å². The van der Waals surface area contributed by atoms with Gasteiger partial charge in [-0.15, -0.1) is 0 Å². The van der Waals surface area contributed by atoms with E-state index in [-0.39, 0.29) is 11.8 Å². The van der Waals surface area contributed by atoms with Crippen LogP contribution in [0.2, 0.25) is 0 Å². The van der Waals surface area contributed by atoms with Crippen LogP contribution in [0.5, 0.6) is 11.5 Å². The summed E-state index contributed by atoms with van der Waals surface area (Å²) in [4.78, 5) is 0. The molecule has 0 spiro atoms. The number of benzene rings is 2. The lowest BCUT2D eigenvalue weighted by Gasteiger charge is -2.19. The highest BCUT2D eigenvalue weighted by molar-refractivity contribution is 5.78. The lowest BCUT2D eigenvalue weighted by atomic mass is 9.89. The van der Waals surface area contributed by atoms with E-state index in [0.717, 1.165) is 64.9 Å². The molecule has 176 valence electrons. The number of hydrogen-bond acceptors (Lipinski definition) is 6. The van der Waals surface area contributed by atoms with Crippen molar-refractivity contribution >= 4 is 11.5 Å². The summed E-state index contributed by atoms with van der Waals surface area (Å²) < 4.78 is 34.4. The van der Waals surface area contributed by atoms with Crippen LogP contribution in [0.3, 0.4) is 0 Å². The van der Waals surface area contributed by atoms with Crippen LogP contribution < -0.4 is 9.47 Å². The molecule has 2 aromatic rings. The van der Waals surface area contributed by atoms with Crippen molar-refractivity contribution in [2.75, 3.05) is 42.7 Å². The first kappa shape index (κ1) is 22.9. The van der Waals surface area contributed by atoms with Crippen LogP contribution in [-0.2, 0) is 18.9 Å². The van der Waals surface area contributed by atoms with E-state index in [1.54, 1.807) is 42.7 Å². The second-order valence-electron chi connectivity index (χ2n) is 8.09. The molecule has 4 rings (SSSR count). The van der Waals surface area contributed by atoms with Gasteiger partial charge in [-0.1, -0.05) is 30.7 Å². The Balaban J connectivity index is 1.61. The SMILES string of the molecule is COC1=C(OC)C(CCCC2C(OC)=C(OC)c3c(OC)cccc32)c2cccc(OC)c21. The van der Waals surface area contributed by atoms with Crippen molar-refractivity contribution in [2.45, 2.75) is 31.1 Å². The van der Waals surface area contributed by atoms with Gasteiger partial charge < -0.3 is 28.4 Å². The molecule has 6 heteroatoms. The highest BCUT2D eigenvalue weighted by atomic mass is 16.5. The minimum absolute atomic E-state index is 0.109. The topological polar surface area (TPSA) is 55.4 Å². The van der Waals surface area contributed by atoms with E-state index < -0.39 is 0 Å². The van der Waals surface area contributed by atoms with Crippen molar-refractivity contribution in [3.8, 4) is 11.5 Å². The Morgan fingerprint density at radius 2 is 0.970 bits per heavy atom. The van der Waals surface area contributed by atoms with Gasteiger partial charge in [-0.05, 0) is 36.1 Å². The van der Waals surface area contributed by atoms with Gasteiger partial charge in [-0.2, -0.15) is 0 Å². The van der Waals surface area contributed by atoms with E-state index in [0.29, 0.717) is 0 Å². The Morgan fingerprint density at radius 1 is 0.545 bits per heavy atom. The molecule has 0 bridgehead atoms. The normalized spacial score (nSPS) is 18.7. The Labute approximate surface area is 195 Å². The molecule has 0 N–H and O–H groups in total. The van der Waals surface area contributed by atoms with Crippen molar-refractivity contribution in [1.82, 2.24) is 0 Å². The Hall–Kier alpha value is -3.28. The number of fused-ring (bicyclic) bond motifs is 2. The van der Waals surface area contributed by atoms with Gasteiger partial charge in [0.1, 0.15) is 23.0 Å². The molecule has 0 aliphatic heterocycles. The van der Waals surface area contributed by atoms with E-state index >= 15 is 0 Å². The number of rotatable bonds is 10. The van der Waals surface area contributed by atoms with Crippen LogP contribution in [0.4, 0.5) is 0 Å². The molecule has 2 aromatic carbocycles. The van der Waals surface area contributed by atoms with E-state index in [4.69, 9.17) is 28.4 Å². The number of allylic oxidation sites excluding steroid dienone is 2. The van der Waals surface area contributed by atoms with Gasteiger partial charge in [0, 0.05) is 11.8 Å². The summed E-state index contributed by atoms with van der Waals surface area (Å²) in [7, 11) is 10.1. The predicted molar refractivity (Wildman–Crippen MR) is 127 cm³/mol. The molecule has 2 unspecified atom stereocenters. The standard InChI is InChI=1S/C27H32O6/c1-28-20-14-8-10-16-18(24(30-3)26(32-5)22(16)20)12-7-13-19-17-11-9-15-21(29-2)23(17)27(33-6)25(19)31-4/h8-11,14-15,18-19H,7,12-13H2,1-6H3. The zero-order valence-electron chi connectivity index (χ0n) is 20.2. The second-order valence-corrected chi connectivity index (χ2v) is 8.09. The molecule has 2 aliphatic carbocycles. The summed E-state index contributed by atoms with van der Waals surface area (Å²) in [5, 5.41) is 0. The van der Waals surface area contributed by atoms with Crippen molar-refractivity contribution in [2.24, 2.45) is 0 Å². The third-order valence-electron chi connectivity index (χ3n) is 6.68. The maximum absolute atomic E-state index is 5.82. The van der Waals surface area contributed by atoms with Crippen molar-refractivity contribution < 1.29 is 28.4 Å². The minimum atomic E-state index is 0.109. The third-order valence-corrected chi connectivity index (χ3v) is 6.68. The molecular weight excluding hydrogens is 420 g/mol. The zero-order valence-corrected chi connectivity index (χ0v) is 20.2. The molecule has 0 aromatic heterocycles. The molecule has 0 amide bonds. The number of ether oxygens (including phenoxy) is 6. The summed E-state index contributed by atoms with van der Waals surface area (Å²) in [6.07, 6.45) is 2.77. The molecule has 6 nitrogen and oxygen atoms in total. The van der Waals surface area contributed by atoms with Crippen LogP contribution >= 0.6 is 0 Å². The average molecular weight is 453 g/mol. The van der Waals surface area contributed by atoms with Crippen LogP contribution in [0, 0.1) is 0 Å². The molecular formula is C27H32O6. The molecule has 0 saturated carbocycles.